The third kappa shape index (κ3) is 2.50. The molecule has 0 unspecified atom stereocenters. The fourth-order valence-electron chi connectivity index (χ4n) is 2.21. The van der Waals surface area contributed by atoms with Crippen molar-refractivity contribution in [1.29, 1.82) is 0 Å². The van der Waals surface area contributed by atoms with E-state index in [2.05, 4.69) is 15.4 Å². The fourth-order valence-corrected chi connectivity index (χ4v) is 2.89. The maximum atomic E-state index is 12.5. The molecule has 22 heavy (non-hydrogen) atoms. The second-order valence-corrected chi connectivity index (χ2v) is 5.93. The number of carbonyl (C=O) groups is 1. The van der Waals surface area contributed by atoms with Gasteiger partial charge in [0.2, 0.25) is 5.43 Å². The molecule has 6 nitrogen and oxygen atoms in total. The number of nitrogens with one attached hydrogen (secondary N) is 1. The van der Waals surface area contributed by atoms with Crippen LogP contribution in [0.3, 0.4) is 0 Å². The highest BCUT2D eigenvalue weighted by molar-refractivity contribution is 7.13. The van der Waals surface area contributed by atoms with Crippen LogP contribution in [0.5, 0.6) is 0 Å². The van der Waals surface area contributed by atoms with E-state index < -0.39 is 5.91 Å². The van der Waals surface area contributed by atoms with Gasteiger partial charge >= 0.3 is 0 Å². The van der Waals surface area contributed by atoms with Crippen LogP contribution in [0.2, 0.25) is 0 Å². The van der Waals surface area contributed by atoms with Gasteiger partial charge in [-0.15, -0.1) is 11.3 Å². The van der Waals surface area contributed by atoms with Gasteiger partial charge in [0.05, 0.1) is 16.6 Å². The van der Waals surface area contributed by atoms with Crippen molar-refractivity contribution < 1.29 is 4.79 Å². The molecule has 0 aliphatic carbocycles. The number of benzene rings is 1. The van der Waals surface area contributed by atoms with Crippen LogP contribution < -0.4 is 10.7 Å². The van der Waals surface area contributed by atoms with Gasteiger partial charge in [-0.3, -0.25) is 19.6 Å². The largest absolute Gasteiger partial charge is 0.296 e. The number of amides is 1. The molecule has 112 valence electrons. The van der Waals surface area contributed by atoms with Crippen molar-refractivity contribution in [2.24, 2.45) is 7.05 Å². The van der Waals surface area contributed by atoms with Crippen LogP contribution in [-0.2, 0) is 7.05 Å². The predicted octanol–water partition coefficient (Wildman–Crippen LogP) is 2.26. The van der Waals surface area contributed by atoms with E-state index in [0.717, 1.165) is 11.3 Å². The first-order chi connectivity index (χ1) is 10.5. The van der Waals surface area contributed by atoms with E-state index in [1.165, 1.54) is 16.0 Å². The molecule has 3 aromatic rings. The Bertz CT molecular complexity index is 942. The topological polar surface area (TPSA) is 76.9 Å². The molecular weight excluding hydrogens is 300 g/mol. The third-order valence-corrected chi connectivity index (χ3v) is 4.14. The lowest BCUT2D eigenvalue weighted by atomic mass is 10.1. The van der Waals surface area contributed by atoms with Gasteiger partial charge in [-0.25, -0.2) is 4.98 Å². The van der Waals surface area contributed by atoms with Gasteiger partial charge < -0.3 is 0 Å². The smallest absolute Gasteiger partial charge is 0.281 e. The highest BCUT2D eigenvalue weighted by Gasteiger charge is 2.17. The average Bonchev–Trinajstić information content (AvgIpc) is 2.87. The molecule has 0 fully saturated rings. The lowest BCUT2D eigenvalue weighted by Crippen LogP contribution is -2.26. The second kappa shape index (κ2) is 5.34. The summed E-state index contributed by atoms with van der Waals surface area (Å²) in [6, 6.07) is 5.50. The summed E-state index contributed by atoms with van der Waals surface area (Å²) in [5, 5.41) is 9.48. The van der Waals surface area contributed by atoms with Crippen LogP contribution in [0.1, 0.15) is 21.7 Å². The molecule has 3 rings (SSSR count). The monoisotopic (exact) mass is 314 g/mol. The summed E-state index contributed by atoms with van der Waals surface area (Å²) in [7, 11) is 1.71. The number of nitrogens with zero attached hydrogens (tertiary/aromatic N) is 3. The molecule has 2 heterocycles. The summed E-state index contributed by atoms with van der Waals surface area (Å²) in [6.45, 7) is 3.74. The fraction of sp³-hybridized carbons (Fsp3) is 0.200. The molecule has 1 N–H and O–H groups in total. The molecule has 0 radical (unpaired) electrons. The lowest BCUT2D eigenvalue weighted by molar-refractivity contribution is 0.101. The van der Waals surface area contributed by atoms with E-state index >= 15 is 0 Å². The molecule has 0 bridgehead atoms. The van der Waals surface area contributed by atoms with Crippen molar-refractivity contribution in [3.8, 4) is 0 Å². The number of carbonyl (C=O) groups excluding carboxylic acids is 1. The SMILES string of the molecule is Cc1ccc2c(c1)c(=O)c(C(=O)Nc1nc(C)cs1)nn2C. The Morgan fingerprint density at radius 3 is 2.77 bits per heavy atom. The summed E-state index contributed by atoms with van der Waals surface area (Å²) < 4.78 is 1.54. The molecular formula is C15H14N4O2S. The number of rotatable bonds is 2. The molecule has 0 spiro atoms. The summed E-state index contributed by atoms with van der Waals surface area (Å²) >= 11 is 1.31. The minimum Gasteiger partial charge on any atom is -0.296 e. The van der Waals surface area contributed by atoms with E-state index in [1.807, 2.05) is 31.4 Å². The van der Waals surface area contributed by atoms with Crippen LogP contribution >= 0.6 is 11.3 Å². The third-order valence-electron chi connectivity index (χ3n) is 3.26. The standard InChI is InChI=1S/C15H14N4O2S/c1-8-4-5-11-10(6-8)13(20)12(18-19(11)3)14(21)17-15-16-9(2)7-22-15/h4-7H,1-3H3,(H,16,17,21). The Morgan fingerprint density at radius 2 is 2.09 bits per heavy atom. The molecule has 2 aromatic heterocycles. The zero-order valence-electron chi connectivity index (χ0n) is 12.4. The number of aromatic nitrogens is 3. The number of hydrogen-bond acceptors (Lipinski definition) is 5. The van der Waals surface area contributed by atoms with Gasteiger partial charge in [-0.05, 0) is 26.0 Å². The van der Waals surface area contributed by atoms with Crippen molar-refractivity contribution in [3.63, 3.8) is 0 Å². The Balaban J connectivity index is 2.09. The molecule has 0 saturated carbocycles. The van der Waals surface area contributed by atoms with Crippen LogP contribution in [0.4, 0.5) is 5.13 Å². The molecule has 0 saturated heterocycles. The number of thiazole rings is 1. The molecule has 7 heteroatoms. The highest BCUT2D eigenvalue weighted by Crippen LogP contribution is 2.16. The van der Waals surface area contributed by atoms with Gasteiger partial charge in [0.1, 0.15) is 0 Å². The maximum Gasteiger partial charge on any atom is 0.281 e. The lowest BCUT2D eigenvalue weighted by Gasteiger charge is -2.08. The Hall–Kier alpha value is -2.54. The molecule has 0 aliphatic heterocycles. The van der Waals surface area contributed by atoms with Crippen LogP contribution in [0.25, 0.3) is 10.9 Å². The Kier molecular flexibility index (Phi) is 3.50. The van der Waals surface area contributed by atoms with Crippen molar-refractivity contribution in [2.45, 2.75) is 13.8 Å². The van der Waals surface area contributed by atoms with Gasteiger partial charge in [0, 0.05) is 12.4 Å². The van der Waals surface area contributed by atoms with Gasteiger partial charge in [0.15, 0.2) is 10.8 Å². The number of aryl methyl sites for hydroxylation is 3. The molecule has 0 aliphatic rings. The minimum atomic E-state index is -0.543. The van der Waals surface area contributed by atoms with Gasteiger partial charge in [0.25, 0.3) is 5.91 Å². The summed E-state index contributed by atoms with van der Waals surface area (Å²) in [4.78, 5) is 29.0. The summed E-state index contributed by atoms with van der Waals surface area (Å²) in [5.74, 6) is -0.543. The Morgan fingerprint density at radius 1 is 1.32 bits per heavy atom. The van der Waals surface area contributed by atoms with E-state index in [-0.39, 0.29) is 11.1 Å². The van der Waals surface area contributed by atoms with Crippen molar-refractivity contribution in [1.82, 2.24) is 14.8 Å². The molecule has 0 atom stereocenters. The van der Waals surface area contributed by atoms with Crippen LogP contribution in [0, 0.1) is 13.8 Å². The van der Waals surface area contributed by atoms with Crippen LogP contribution in [-0.4, -0.2) is 20.7 Å². The Labute approximate surface area is 130 Å². The van der Waals surface area contributed by atoms with Gasteiger partial charge in [-0.2, -0.15) is 5.10 Å². The summed E-state index contributed by atoms with van der Waals surface area (Å²) in [5.41, 5.74) is 1.96. The van der Waals surface area contributed by atoms with E-state index in [4.69, 9.17) is 0 Å². The van der Waals surface area contributed by atoms with Crippen molar-refractivity contribution in [3.05, 3.63) is 50.8 Å². The zero-order valence-corrected chi connectivity index (χ0v) is 13.2. The zero-order chi connectivity index (χ0) is 15.9. The second-order valence-electron chi connectivity index (χ2n) is 5.07. The molecule has 1 amide bonds. The van der Waals surface area contributed by atoms with Crippen molar-refractivity contribution in [2.75, 3.05) is 5.32 Å². The molecule has 1 aromatic carbocycles. The number of hydrogen-bond donors (Lipinski definition) is 1. The quantitative estimate of drug-likeness (QED) is 0.787. The summed E-state index contributed by atoms with van der Waals surface area (Å²) in [6.07, 6.45) is 0. The maximum absolute atomic E-state index is 12.5. The first kappa shape index (κ1) is 14.4. The average molecular weight is 314 g/mol. The number of fused-ring (bicyclic) bond motifs is 1. The first-order valence-electron chi connectivity index (χ1n) is 6.67. The van der Waals surface area contributed by atoms with E-state index in [1.54, 1.807) is 13.1 Å². The first-order valence-corrected chi connectivity index (χ1v) is 7.55. The normalized spacial score (nSPS) is 10.9. The van der Waals surface area contributed by atoms with Crippen LogP contribution in [0.15, 0.2) is 28.4 Å². The van der Waals surface area contributed by atoms with E-state index in [0.29, 0.717) is 16.0 Å². The predicted molar refractivity (Wildman–Crippen MR) is 86.5 cm³/mol. The van der Waals surface area contributed by atoms with E-state index in [9.17, 15) is 9.59 Å². The minimum absolute atomic E-state index is 0.131. The number of anilines is 1. The van der Waals surface area contributed by atoms with Gasteiger partial charge in [-0.1, -0.05) is 11.6 Å². The van der Waals surface area contributed by atoms with Crippen molar-refractivity contribution >= 4 is 33.3 Å². The highest BCUT2D eigenvalue weighted by atomic mass is 32.1.